The van der Waals surface area contributed by atoms with Crippen LogP contribution in [-0.2, 0) is 4.74 Å². The number of aryl methyl sites for hydroxylation is 1. The van der Waals surface area contributed by atoms with Gasteiger partial charge in [0.25, 0.3) is 0 Å². The second-order valence-corrected chi connectivity index (χ2v) is 4.15. The first kappa shape index (κ1) is 12.2. The van der Waals surface area contributed by atoms with Crippen molar-refractivity contribution in [3.63, 3.8) is 0 Å². The van der Waals surface area contributed by atoms with Gasteiger partial charge in [0.1, 0.15) is 17.7 Å². The van der Waals surface area contributed by atoms with E-state index in [1.807, 2.05) is 6.92 Å². The molecule has 2 rings (SSSR count). The first-order valence-corrected chi connectivity index (χ1v) is 5.75. The summed E-state index contributed by atoms with van der Waals surface area (Å²) in [5.74, 6) is 1.12. The Kier molecular flexibility index (Phi) is 3.88. The molecule has 17 heavy (non-hydrogen) atoms. The highest BCUT2D eigenvalue weighted by atomic mass is 16.5. The van der Waals surface area contributed by atoms with E-state index in [4.69, 9.17) is 15.6 Å². The quantitative estimate of drug-likeness (QED) is 0.754. The summed E-state index contributed by atoms with van der Waals surface area (Å²) in [5, 5.41) is 8.94. The third-order valence-electron chi connectivity index (χ3n) is 2.77. The van der Waals surface area contributed by atoms with Gasteiger partial charge in [-0.15, -0.1) is 0 Å². The number of aliphatic hydroxyl groups excluding tert-OH is 1. The predicted octanol–water partition coefficient (Wildman–Crippen LogP) is -0.267. The molecule has 1 fully saturated rings. The van der Waals surface area contributed by atoms with Gasteiger partial charge < -0.3 is 15.6 Å². The fourth-order valence-electron chi connectivity index (χ4n) is 2.01. The van der Waals surface area contributed by atoms with Crippen molar-refractivity contribution in [3.8, 4) is 0 Å². The first-order chi connectivity index (χ1) is 8.19. The van der Waals surface area contributed by atoms with Crippen LogP contribution in [0.4, 0.5) is 5.82 Å². The number of rotatable bonds is 3. The standard InChI is InChI=1S/C11H18N4O2/c1-8-13-9(6-11(12)14-8)10-7-15(2-4-16)3-5-17-10/h6,10,16H,2-5,7H2,1H3,(H2,12,13,14)/t10-/m1/s1. The minimum atomic E-state index is -0.0840. The molecule has 0 aromatic carbocycles. The van der Waals surface area contributed by atoms with Crippen LogP contribution in [0.3, 0.4) is 0 Å². The summed E-state index contributed by atoms with van der Waals surface area (Å²) in [6, 6.07) is 1.75. The number of aromatic nitrogens is 2. The van der Waals surface area contributed by atoms with Gasteiger partial charge in [0, 0.05) is 25.7 Å². The smallest absolute Gasteiger partial charge is 0.128 e. The maximum absolute atomic E-state index is 8.94. The number of hydrogen-bond donors (Lipinski definition) is 2. The van der Waals surface area contributed by atoms with Crippen molar-refractivity contribution >= 4 is 5.82 Å². The molecule has 0 unspecified atom stereocenters. The summed E-state index contributed by atoms with van der Waals surface area (Å²) in [4.78, 5) is 10.5. The lowest BCUT2D eigenvalue weighted by Gasteiger charge is -2.32. The van der Waals surface area contributed by atoms with E-state index in [9.17, 15) is 0 Å². The van der Waals surface area contributed by atoms with Gasteiger partial charge in [-0.3, -0.25) is 4.90 Å². The van der Waals surface area contributed by atoms with Gasteiger partial charge in [-0.2, -0.15) is 0 Å². The summed E-state index contributed by atoms with van der Waals surface area (Å²) >= 11 is 0. The van der Waals surface area contributed by atoms with Crippen LogP contribution in [0.5, 0.6) is 0 Å². The molecule has 1 aliphatic heterocycles. The molecule has 1 saturated heterocycles. The molecule has 0 bridgehead atoms. The summed E-state index contributed by atoms with van der Waals surface area (Å²) in [6.07, 6.45) is -0.0840. The second-order valence-electron chi connectivity index (χ2n) is 4.15. The SMILES string of the molecule is Cc1nc(N)cc([C@H]2CN(CCO)CCO2)n1. The Labute approximate surface area is 100 Å². The Bertz CT molecular complexity index is 363. The Hall–Kier alpha value is -1.24. The van der Waals surface area contributed by atoms with Crippen molar-refractivity contribution in [1.29, 1.82) is 0 Å². The van der Waals surface area contributed by atoms with Crippen LogP contribution >= 0.6 is 0 Å². The molecule has 2 heterocycles. The molecule has 0 amide bonds. The normalized spacial score (nSPS) is 21.6. The maximum atomic E-state index is 8.94. The van der Waals surface area contributed by atoms with Crippen LogP contribution in [-0.4, -0.2) is 52.8 Å². The zero-order valence-electron chi connectivity index (χ0n) is 9.96. The molecule has 1 aromatic heterocycles. The van der Waals surface area contributed by atoms with Gasteiger partial charge >= 0.3 is 0 Å². The molecule has 0 aliphatic carbocycles. The Morgan fingerprint density at radius 1 is 1.59 bits per heavy atom. The van der Waals surface area contributed by atoms with E-state index in [0.29, 0.717) is 24.8 Å². The molecular formula is C11H18N4O2. The maximum Gasteiger partial charge on any atom is 0.128 e. The van der Waals surface area contributed by atoms with Gasteiger partial charge in [-0.1, -0.05) is 0 Å². The summed E-state index contributed by atoms with van der Waals surface area (Å²) in [7, 11) is 0. The molecule has 6 nitrogen and oxygen atoms in total. The van der Waals surface area contributed by atoms with Crippen LogP contribution in [0.2, 0.25) is 0 Å². The van der Waals surface area contributed by atoms with Crippen LogP contribution < -0.4 is 5.73 Å². The van der Waals surface area contributed by atoms with E-state index in [0.717, 1.165) is 18.8 Å². The molecule has 0 radical (unpaired) electrons. The number of anilines is 1. The van der Waals surface area contributed by atoms with E-state index >= 15 is 0 Å². The van der Waals surface area contributed by atoms with Crippen LogP contribution in [0.1, 0.15) is 17.6 Å². The number of nitrogens with two attached hydrogens (primary N) is 1. The van der Waals surface area contributed by atoms with Gasteiger partial charge in [0.15, 0.2) is 0 Å². The summed E-state index contributed by atoms with van der Waals surface area (Å²) in [6.45, 7) is 4.87. The Balaban J connectivity index is 2.10. The average molecular weight is 238 g/mol. The Morgan fingerprint density at radius 2 is 2.41 bits per heavy atom. The van der Waals surface area contributed by atoms with E-state index in [1.165, 1.54) is 0 Å². The zero-order chi connectivity index (χ0) is 12.3. The molecular weight excluding hydrogens is 220 g/mol. The lowest BCUT2D eigenvalue weighted by Crippen LogP contribution is -2.40. The molecule has 6 heteroatoms. The first-order valence-electron chi connectivity index (χ1n) is 5.75. The van der Waals surface area contributed by atoms with Crippen molar-refractivity contribution in [3.05, 3.63) is 17.6 Å². The van der Waals surface area contributed by atoms with Crippen molar-refractivity contribution in [1.82, 2.24) is 14.9 Å². The van der Waals surface area contributed by atoms with E-state index in [-0.39, 0.29) is 12.7 Å². The zero-order valence-corrected chi connectivity index (χ0v) is 9.96. The van der Waals surface area contributed by atoms with E-state index in [2.05, 4.69) is 14.9 Å². The topological polar surface area (TPSA) is 84.5 Å². The monoisotopic (exact) mass is 238 g/mol. The van der Waals surface area contributed by atoms with Crippen molar-refractivity contribution in [2.75, 3.05) is 38.6 Å². The van der Waals surface area contributed by atoms with E-state index < -0.39 is 0 Å². The fraction of sp³-hybridized carbons (Fsp3) is 0.636. The number of β-amino-alcohol motifs (C(OH)–C–C–N with tert-alkyl or cyclic N) is 1. The van der Waals surface area contributed by atoms with Gasteiger partial charge in [0.2, 0.25) is 0 Å². The largest absolute Gasteiger partial charge is 0.395 e. The minimum absolute atomic E-state index is 0.0840. The minimum Gasteiger partial charge on any atom is -0.395 e. The van der Waals surface area contributed by atoms with Gasteiger partial charge in [-0.25, -0.2) is 9.97 Å². The number of hydrogen-bond acceptors (Lipinski definition) is 6. The van der Waals surface area contributed by atoms with Crippen molar-refractivity contribution < 1.29 is 9.84 Å². The lowest BCUT2D eigenvalue weighted by molar-refractivity contribution is -0.0358. The van der Waals surface area contributed by atoms with Crippen LogP contribution in [0.25, 0.3) is 0 Å². The molecule has 1 atom stereocenters. The predicted molar refractivity (Wildman–Crippen MR) is 63.4 cm³/mol. The molecule has 1 aliphatic rings. The molecule has 1 aromatic rings. The molecule has 0 spiro atoms. The molecule has 94 valence electrons. The molecule has 3 N–H and O–H groups in total. The van der Waals surface area contributed by atoms with Crippen LogP contribution in [0, 0.1) is 6.92 Å². The van der Waals surface area contributed by atoms with Gasteiger partial charge in [0.05, 0.1) is 18.9 Å². The highest BCUT2D eigenvalue weighted by Crippen LogP contribution is 2.21. The fourth-order valence-corrected chi connectivity index (χ4v) is 2.01. The van der Waals surface area contributed by atoms with Gasteiger partial charge in [-0.05, 0) is 6.92 Å². The lowest BCUT2D eigenvalue weighted by atomic mass is 10.2. The number of nitrogen functional groups attached to an aromatic ring is 1. The third kappa shape index (κ3) is 3.12. The molecule has 0 saturated carbocycles. The Morgan fingerprint density at radius 3 is 3.12 bits per heavy atom. The number of nitrogens with zero attached hydrogens (tertiary/aromatic N) is 3. The summed E-state index contributed by atoms with van der Waals surface area (Å²) < 4.78 is 5.68. The van der Waals surface area contributed by atoms with E-state index in [1.54, 1.807) is 6.07 Å². The average Bonchev–Trinajstić information content (AvgIpc) is 2.28. The second kappa shape index (κ2) is 5.39. The summed E-state index contributed by atoms with van der Waals surface area (Å²) in [5.41, 5.74) is 6.52. The van der Waals surface area contributed by atoms with Crippen molar-refractivity contribution in [2.45, 2.75) is 13.0 Å². The van der Waals surface area contributed by atoms with Crippen molar-refractivity contribution in [2.24, 2.45) is 0 Å². The highest BCUT2D eigenvalue weighted by Gasteiger charge is 2.23. The number of aliphatic hydroxyl groups is 1. The number of morpholine rings is 1. The van der Waals surface area contributed by atoms with Crippen LogP contribution in [0.15, 0.2) is 6.07 Å². The third-order valence-corrected chi connectivity index (χ3v) is 2.77. The number of ether oxygens (including phenoxy) is 1. The highest BCUT2D eigenvalue weighted by molar-refractivity contribution is 5.30.